The third-order valence-corrected chi connectivity index (χ3v) is 7.49. The molecule has 0 atom stereocenters. The number of benzene rings is 2. The van der Waals surface area contributed by atoms with Gasteiger partial charge in [-0.3, -0.25) is 4.79 Å². The molecule has 0 radical (unpaired) electrons. The van der Waals surface area contributed by atoms with Crippen LogP contribution < -0.4 is 15.5 Å². The van der Waals surface area contributed by atoms with Gasteiger partial charge in [0.15, 0.2) is 5.82 Å². The number of carbonyl (C=O) groups excluding carboxylic acids is 2. The summed E-state index contributed by atoms with van der Waals surface area (Å²) in [4.78, 5) is 43.4. The first-order valence-corrected chi connectivity index (χ1v) is 13.6. The summed E-state index contributed by atoms with van der Waals surface area (Å²) >= 11 is 0. The largest absolute Gasteiger partial charge is 0.355 e. The minimum atomic E-state index is -0.123. The van der Waals surface area contributed by atoms with Crippen molar-refractivity contribution in [3.05, 3.63) is 72.8 Å². The van der Waals surface area contributed by atoms with Gasteiger partial charge >= 0.3 is 6.03 Å². The third-order valence-electron chi connectivity index (χ3n) is 7.49. The molecule has 2 aliphatic rings. The summed E-state index contributed by atoms with van der Waals surface area (Å²) in [5.41, 5.74) is 3.79. The predicted molar refractivity (Wildman–Crippen MR) is 149 cm³/mol. The molecule has 200 valence electrons. The Hall–Kier alpha value is -4.47. The molecule has 2 saturated heterocycles. The monoisotopic (exact) mass is 524 g/mol. The fourth-order valence-electron chi connectivity index (χ4n) is 5.41. The van der Waals surface area contributed by atoms with Crippen molar-refractivity contribution in [2.24, 2.45) is 0 Å². The Bertz CT molecular complexity index is 1450. The van der Waals surface area contributed by atoms with Gasteiger partial charge < -0.3 is 25.0 Å². The van der Waals surface area contributed by atoms with Crippen molar-refractivity contribution in [2.45, 2.75) is 31.8 Å². The minimum Gasteiger partial charge on any atom is -0.355 e. The number of hydrogen-bond acceptors (Lipinski definition) is 6. The average molecular weight is 525 g/mol. The van der Waals surface area contributed by atoms with Gasteiger partial charge in [-0.05, 0) is 37.5 Å². The number of imidazole rings is 1. The van der Waals surface area contributed by atoms with Gasteiger partial charge in [0.25, 0.3) is 5.91 Å². The molecule has 0 bridgehead atoms. The van der Waals surface area contributed by atoms with Crippen LogP contribution in [0.4, 0.5) is 10.6 Å². The molecule has 4 aromatic rings. The number of amides is 3. The molecule has 0 unspecified atom stereocenters. The maximum absolute atomic E-state index is 12.9. The van der Waals surface area contributed by atoms with Crippen molar-refractivity contribution in [2.75, 3.05) is 37.6 Å². The van der Waals surface area contributed by atoms with E-state index in [1.807, 2.05) is 64.2 Å². The Labute approximate surface area is 227 Å². The number of fused-ring (bicyclic) bond motifs is 1. The van der Waals surface area contributed by atoms with E-state index >= 15 is 0 Å². The molecule has 2 aliphatic heterocycles. The molecule has 10 nitrogen and oxygen atoms in total. The summed E-state index contributed by atoms with van der Waals surface area (Å²) in [7, 11) is 0. The van der Waals surface area contributed by atoms with Crippen LogP contribution in [0.5, 0.6) is 0 Å². The van der Waals surface area contributed by atoms with Gasteiger partial charge in [-0.2, -0.15) is 0 Å². The first-order valence-electron chi connectivity index (χ1n) is 13.6. The normalized spacial score (nSPS) is 16.1. The van der Waals surface area contributed by atoms with E-state index in [1.165, 1.54) is 0 Å². The van der Waals surface area contributed by atoms with Gasteiger partial charge in [0.1, 0.15) is 5.69 Å². The molecule has 4 heterocycles. The molecule has 6 rings (SSSR count). The van der Waals surface area contributed by atoms with Crippen molar-refractivity contribution in [1.29, 1.82) is 0 Å². The quantitative estimate of drug-likeness (QED) is 0.343. The molecule has 0 saturated carbocycles. The SMILES string of the molecule is O=C(NCCCn1ccnc1)c1ccc2nc(N3CCC(N4CCNC4=O)CC3)c(-c3ccccc3)nc2c1. The Morgan fingerprint density at radius 1 is 1.03 bits per heavy atom. The van der Waals surface area contributed by atoms with Gasteiger partial charge in [-0.15, -0.1) is 0 Å². The highest BCUT2D eigenvalue weighted by Crippen LogP contribution is 2.32. The molecular formula is C29H32N8O2. The molecule has 2 aromatic carbocycles. The van der Waals surface area contributed by atoms with E-state index in [0.29, 0.717) is 17.6 Å². The van der Waals surface area contributed by atoms with Crippen LogP contribution in [0.25, 0.3) is 22.3 Å². The molecule has 0 spiro atoms. The lowest BCUT2D eigenvalue weighted by molar-refractivity contribution is 0.0953. The van der Waals surface area contributed by atoms with Gasteiger partial charge in [0, 0.05) is 68.8 Å². The van der Waals surface area contributed by atoms with Crippen LogP contribution in [0.3, 0.4) is 0 Å². The number of piperidine rings is 1. The van der Waals surface area contributed by atoms with Crippen LogP contribution in [0.2, 0.25) is 0 Å². The number of anilines is 1. The van der Waals surface area contributed by atoms with Crippen molar-refractivity contribution >= 4 is 28.8 Å². The number of urea groups is 1. The molecule has 2 aromatic heterocycles. The Balaban J connectivity index is 1.21. The first kappa shape index (κ1) is 24.8. The first-order chi connectivity index (χ1) is 19.2. The van der Waals surface area contributed by atoms with E-state index in [0.717, 1.165) is 74.6 Å². The van der Waals surface area contributed by atoms with E-state index in [9.17, 15) is 9.59 Å². The Kier molecular flexibility index (Phi) is 7.07. The van der Waals surface area contributed by atoms with Gasteiger partial charge in [-0.1, -0.05) is 30.3 Å². The maximum atomic E-state index is 12.9. The topological polar surface area (TPSA) is 108 Å². The van der Waals surface area contributed by atoms with E-state index in [-0.39, 0.29) is 18.0 Å². The summed E-state index contributed by atoms with van der Waals surface area (Å²) in [5.74, 6) is 0.720. The second kappa shape index (κ2) is 11.1. The summed E-state index contributed by atoms with van der Waals surface area (Å²) in [6.45, 7) is 4.47. The number of rotatable bonds is 8. The maximum Gasteiger partial charge on any atom is 0.317 e. The fourth-order valence-corrected chi connectivity index (χ4v) is 5.41. The van der Waals surface area contributed by atoms with Crippen LogP contribution in [0.15, 0.2) is 67.3 Å². The van der Waals surface area contributed by atoms with Gasteiger partial charge in [0.05, 0.1) is 17.4 Å². The van der Waals surface area contributed by atoms with Gasteiger partial charge in [0.2, 0.25) is 0 Å². The fraction of sp³-hybridized carbons (Fsp3) is 0.345. The number of hydrogen-bond donors (Lipinski definition) is 2. The lowest BCUT2D eigenvalue weighted by Crippen LogP contribution is -2.46. The van der Waals surface area contributed by atoms with Crippen molar-refractivity contribution < 1.29 is 9.59 Å². The molecule has 3 amide bonds. The molecule has 2 fully saturated rings. The molecule has 2 N–H and O–H groups in total. The van der Waals surface area contributed by atoms with Crippen LogP contribution >= 0.6 is 0 Å². The number of aromatic nitrogens is 4. The Morgan fingerprint density at radius 3 is 2.62 bits per heavy atom. The third kappa shape index (κ3) is 5.41. The van der Waals surface area contributed by atoms with E-state index < -0.39 is 0 Å². The van der Waals surface area contributed by atoms with Crippen LogP contribution in [0, 0.1) is 0 Å². The Morgan fingerprint density at radius 2 is 1.87 bits per heavy atom. The molecule has 0 aliphatic carbocycles. The summed E-state index contributed by atoms with van der Waals surface area (Å²) in [5, 5.41) is 5.92. The van der Waals surface area contributed by atoms with E-state index in [1.54, 1.807) is 12.5 Å². The molecule has 39 heavy (non-hydrogen) atoms. The second-order valence-corrected chi connectivity index (χ2v) is 10.0. The average Bonchev–Trinajstić information content (AvgIpc) is 3.66. The van der Waals surface area contributed by atoms with E-state index in [2.05, 4.69) is 20.5 Å². The van der Waals surface area contributed by atoms with Crippen molar-refractivity contribution in [1.82, 2.24) is 35.1 Å². The lowest BCUT2D eigenvalue weighted by Gasteiger charge is -2.37. The zero-order valence-corrected chi connectivity index (χ0v) is 21.8. The summed E-state index contributed by atoms with van der Waals surface area (Å²) in [6.07, 6.45) is 8.03. The number of nitrogens with zero attached hydrogens (tertiary/aromatic N) is 6. The highest BCUT2D eigenvalue weighted by atomic mass is 16.2. The zero-order chi connectivity index (χ0) is 26.6. The second-order valence-electron chi connectivity index (χ2n) is 10.0. The summed E-state index contributed by atoms with van der Waals surface area (Å²) in [6, 6.07) is 15.9. The predicted octanol–water partition coefficient (Wildman–Crippen LogP) is 3.31. The lowest BCUT2D eigenvalue weighted by atomic mass is 10.0. The van der Waals surface area contributed by atoms with Crippen LogP contribution in [-0.2, 0) is 6.54 Å². The summed E-state index contributed by atoms with van der Waals surface area (Å²) < 4.78 is 1.99. The van der Waals surface area contributed by atoms with Gasteiger partial charge in [-0.25, -0.2) is 19.7 Å². The highest BCUT2D eigenvalue weighted by Gasteiger charge is 2.32. The van der Waals surface area contributed by atoms with Crippen molar-refractivity contribution in [3.8, 4) is 11.3 Å². The van der Waals surface area contributed by atoms with E-state index in [4.69, 9.17) is 9.97 Å². The number of nitrogens with one attached hydrogen (secondary N) is 2. The standard InChI is InChI=1S/C29H32N8O2/c38-28(31-11-4-14-35-17-12-30-20-35)22-7-8-24-25(19-22)33-26(21-5-2-1-3-6-21)27(34-24)36-15-9-23(10-16-36)37-18-13-32-29(37)39/h1-3,5-8,12,17,19-20,23H,4,9-11,13-16,18H2,(H,31,38)(H,32,39). The number of carbonyl (C=O) groups is 2. The zero-order valence-electron chi connectivity index (χ0n) is 21.8. The van der Waals surface area contributed by atoms with Crippen LogP contribution in [0.1, 0.15) is 29.6 Å². The van der Waals surface area contributed by atoms with Crippen LogP contribution in [-0.4, -0.2) is 75.1 Å². The molecular weight excluding hydrogens is 492 g/mol. The highest BCUT2D eigenvalue weighted by molar-refractivity contribution is 5.98. The molecule has 10 heteroatoms. The number of aryl methyl sites for hydroxylation is 1. The smallest absolute Gasteiger partial charge is 0.317 e. The van der Waals surface area contributed by atoms with Crippen molar-refractivity contribution in [3.63, 3.8) is 0 Å². The minimum absolute atomic E-state index is 0.0435.